The SMILES string of the molecule is CCc1cc(C(C=N)=CN)cnc1SC(C(=O)N1CCCC1)c1ccccc1. The number of hydrogen-bond donors (Lipinski definition) is 2. The predicted octanol–water partition coefficient (Wildman–Crippen LogP) is 4.05. The molecule has 1 aromatic carbocycles. The van der Waals surface area contributed by atoms with Crippen LogP contribution in [0.4, 0.5) is 0 Å². The smallest absolute Gasteiger partial charge is 0.240 e. The lowest BCUT2D eigenvalue weighted by Gasteiger charge is -2.23. The van der Waals surface area contributed by atoms with Crippen LogP contribution in [0, 0.1) is 5.41 Å². The van der Waals surface area contributed by atoms with Crippen molar-refractivity contribution < 1.29 is 4.79 Å². The fraction of sp³-hybridized carbons (Fsp3) is 0.318. The van der Waals surface area contributed by atoms with E-state index in [4.69, 9.17) is 11.1 Å². The first-order valence-electron chi connectivity index (χ1n) is 9.60. The van der Waals surface area contributed by atoms with Crippen LogP contribution >= 0.6 is 11.8 Å². The first kappa shape index (κ1) is 20.1. The van der Waals surface area contributed by atoms with E-state index >= 15 is 0 Å². The zero-order chi connectivity index (χ0) is 19.9. The van der Waals surface area contributed by atoms with Gasteiger partial charge in [-0.1, -0.05) is 49.0 Å². The second-order valence-electron chi connectivity index (χ2n) is 6.75. The van der Waals surface area contributed by atoms with E-state index in [9.17, 15) is 4.79 Å². The highest BCUT2D eigenvalue weighted by Crippen LogP contribution is 2.38. The van der Waals surface area contributed by atoms with Gasteiger partial charge in [-0.05, 0) is 36.5 Å². The Bertz CT molecular complexity index is 860. The molecular weight excluding hydrogens is 368 g/mol. The molecule has 1 unspecified atom stereocenters. The van der Waals surface area contributed by atoms with Crippen LogP contribution in [0.5, 0.6) is 0 Å². The van der Waals surface area contributed by atoms with E-state index in [0.29, 0.717) is 5.57 Å². The number of carbonyl (C=O) groups is 1. The number of nitrogens with one attached hydrogen (secondary N) is 1. The normalized spacial score (nSPS) is 15.5. The lowest BCUT2D eigenvalue weighted by molar-refractivity contribution is -0.129. The van der Waals surface area contributed by atoms with Crippen LogP contribution in [0.1, 0.15) is 41.7 Å². The number of nitrogens with two attached hydrogens (primary N) is 1. The van der Waals surface area contributed by atoms with Crippen LogP contribution in [-0.2, 0) is 11.2 Å². The molecule has 28 heavy (non-hydrogen) atoms. The van der Waals surface area contributed by atoms with Crippen molar-refractivity contribution in [2.24, 2.45) is 5.73 Å². The Kier molecular flexibility index (Phi) is 6.87. The summed E-state index contributed by atoms with van der Waals surface area (Å²) in [5.74, 6) is 0.156. The summed E-state index contributed by atoms with van der Waals surface area (Å²) in [4.78, 5) is 19.8. The molecule has 0 saturated carbocycles. The lowest BCUT2D eigenvalue weighted by Crippen LogP contribution is -2.31. The Morgan fingerprint density at radius 1 is 1.32 bits per heavy atom. The standard InChI is InChI=1S/C22H26N4OS/c1-2-16-12-18(19(13-23)14-24)15-25-21(16)28-20(17-8-4-3-5-9-17)22(27)26-10-6-7-11-26/h3-5,8-9,12-15,20,23H,2,6-7,10-11,24H2,1H3. The quantitative estimate of drug-likeness (QED) is 0.548. The molecule has 2 heterocycles. The maximum atomic E-state index is 13.2. The number of carbonyl (C=O) groups excluding carboxylic acids is 1. The molecule has 1 aliphatic rings. The summed E-state index contributed by atoms with van der Waals surface area (Å²) in [6.45, 7) is 3.74. The van der Waals surface area contributed by atoms with Gasteiger partial charge in [0, 0.05) is 42.8 Å². The van der Waals surface area contributed by atoms with Crippen molar-refractivity contribution in [2.75, 3.05) is 13.1 Å². The Morgan fingerprint density at radius 3 is 2.64 bits per heavy atom. The van der Waals surface area contributed by atoms with E-state index in [1.165, 1.54) is 24.2 Å². The van der Waals surface area contributed by atoms with E-state index in [0.717, 1.165) is 54.1 Å². The summed E-state index contributed by atoms with van der Waals surface area (Å²) < 4.78 is 0. The van der Waals surface area contributed by atoms with Gasteiger partial charge in [-0.2, -0.15) is 0 Å². The highest BCUT2D eigenvalue weighted by atomic mass is 32.2. The van der Waals surface area contributed by atoms with Crippen LogP contribution in [0.3, 0.4) is 0 Å². The molecule has 1 aromatic heterocycles. The first-order chi connectivity index (χ1) is 13.7. The van der Waals surface area contributed by atoms with E-state index in [1.54, 1.807) is 6.20 Å². The molecule has 2 aromatic rings. The molecule has 0 spiro atoms. The van der Waals surface area contributed by atoms with Gasteiger partial charge in [0.2, 0.25) is 5.91 Å². The van der Waals surface area contributed by atoms with Crippen LogP contribution in [0.2, 0.25) is 0 Å². The first-order valence-corrected chi connectivity index (χ1v) is 10.5. The van der Waals surface area contributed by atoms with Crippen LogP contribution < -0.4 is 5.73 Å². The van der Waals surface area contributed by atoms with Gasteiger partial charge in [-0.3, -0.25) is 4.79 Å². The molecule has 146 valence electrons. The maximum absolute atomic E-state index is 13.2. The number of nitrogens with zero attached hydrogens (tertiary/aromatic N) is 2. The van der Waals surface area contributed by atoms with Gasteiger partial charge in [0.05, 0.1) is 0 Å². The number of benzene rings is 1. The van der Waals surface area contributed by atoms with Crippen molar-refractivity contribution in [2.45, 2.75) is 36.5 Å². The molecule has 1 saturated heterocycles. The van der Waals surface area contributed by atoms with Crippen molar-refractivity contribution in [3.63, 3.8) is 0 Å². The molecule has 6 heteroatoms. The van der Waals surface area contributed by atoms with Crippen LogP contribution in [0.25, 0.3) is 5.57 Å². The Labute approximate surface area is 170 Å². The molecule has 3 rings (SSSR count). The third-order valence-corrected chi connectivity index (χ3v) is 6.25. The number of aromatic nitrogens is 1. The van der Waals surface area contributed by atoms with E-state index in [1.807, 2.05) is 41.3 Å². The van der Waals surface area contributed by atoms with Crippen molar-refractivity contribution in [3.05, 3.63) is 65.5 Å². The van der Waals surface area contributed by atoms with E-state index < -0.39 is 0 Å². The van der Waals surface area contributed by atoms with Crippen LogP contribution in [-0.4, -0.2) is 35.1 Å². The monoisotopic (exact) mass is 394 g/mol. The summed E-state index contributed by atoms with van der Waals surface area (Å²) in [6, 6.07) is 11.9. The van der Waals surface area contributed by atoms with Gasteiger partial charge < -0.3 is 16.0 Å². The maximum Gasteiger partial charge on any atom is 0.240 e. The number of aryl methyl sites for hydroxylation is 1. The molecule has 3 N–H and O–H groups in total. The number of allylic oxidation sites excluding steroid dienone is 1. The second kappa shape index (κ2) is 9.55. The van der Waals surface area contributed by atoms with Gasteiger partial charge in [0.1, 0.15) is 10.3 Å². The molecule has 0 radical (unpaired) electrons. The summed E-state index contributed by atoms with van der Waals surface area (Å²) in [5, 5.41) is 8.04. The number of amides is 1. The molecule has 0 aliphatic carbocycles. The van der Waals surface area contributed by atoms with Crippen LogP contribution in [0.15, 0.2) is 53.8 Å². The topological polar surface area (TPSA) is 83.1 Å². The molecule has 1 atom stereocenters. The number of likely N-dealkylation sites (tertiary alicyclic amines) is 1. The summed E-state index contributed by atoms with van der Waals surface area (Å²) in [7, 11) is 0. The molecule has 1 fully saturated rings. The lowest BCUT2D eigenvalue weighted by atomic mass is 10.1. The number of pyridine rings is 1. The van der Waals surface area contributed by atoms with Gasteiger partial charge in [-0.25, -0.2) is 4.98 Å². The largest absolute Gasteiger partial charge is 0.404 e. The Morgan fingerprint density at radius 2 is 2.04 bits per heavy atom. The van der Waals surface area contributed by atoms with Crippen molar-refractivity contribution in [1.29, 1.82) is 5.41 Å². The van der Waals surface area contributed by atoms with Gasteiger partial charge >= 0.3 is 0 Å². The van der Waals surface area contributed by atoms with E-state index in [2.05, 4.69) is 11.9 Å². The third kappa shape index (κ3) is 4.44. The molecule has 0 bridgehead atoms. The highest BCUT2D eigenvalue weighted by molar-refractivity contribution is 8.00. The number of thioether (sulfide) groups is 1. The van der Waals surface area contributed by atoms with Crippen molar-refractivity contribution >= 4 is 29.5 Å². The average Bonchev–Trinajstić information content (AvgIpc) is 3.28. The summed E-state index contributed by atoms with van der Waals surface area (Å²) in [6.07, 6.45) is 7.31. The van der Waals surface area contributed by atoms with Gasteiger partial charge in [0.15, 0.2) is 0 Å². The van der Waals surface area contributed by atoms with Crippen molar-refractivity contribution in [3.8, 4) is 0 Å². The predicted molar refractivity (Wildman–Crippen MR) is 115 cm³/mol. The zero-order valence-corrected chi connectivity index (χ0v) is 16.9. The number of hydrogen-bond acceptors (Lipinski definition) is 5. The number of rotatable bonds is 7. The van der Waals surface area contributed by atoms with Crippen molar-refractivity contribution in [1.82, 2.24) is 9.88 Å². The molecule has 5 nitrogen and oxygen atoms in total. The van der Waals surface area contributed by atoms with Gasteiger partial charge in [0.25, 0.3) is 0 Å². The minimum atomic E-state index is -0.310. The summed E-state index contributed by atoms with van der Waals surface area (Å²) in [5.41, 5.74) is 9.12. The van der Waals surface area contributed by atoms with E-state index in [-0.39, 0.29) is 11.2 Å². The Hall–Kier alpha value is -2.60. The van der Waals surface area contributed by atoms with Gasteiger partial charge in [-0.15, -0.1) is 0 Å². The minimum absolute atomic E-state index is 0.156. The highest BCUT2D eigenvalue weighted by Gasteiger charge is 2.29. The zero-order valence-electron chi connectivity index (χ0n) is 16.1. The fourth-order valence-electron chi connectivity index (χ4n) is 3.35. The third-order valence-electron chi connectivity index (χ3n) is 4.95. The average molecular weight is 395 g/mol. The molecular formula is C22H26N4OS. The minimum Gasteiger partial charge on any atom is -0.404 e. The summed E-state index contributed by atoms with van der Waals surface area (Å²) >= 11 is 1.51. The fourth-order valence-corrected chi connectivity index (χ4v) is 4.58. The molecule has 1 amide bonds. The Balaban J connectivity index is 1.94. The second-order valence-corrected chi connectivity index (χ2v) is 7.84. The molecule has 1 aliphatic heterocycles.